The fourth-order valence-electron chi connectivity index (χ4n) is 1.98. The van der Waals surface area contributed by atoms with E-state index in [0.717, 1.165) is 0 Å². The Morgan fingerprint density at radius 1 is 1.09 bits per heavy atom. The zero-order valence-corrected chi connectivity index (χ0v) is 7.32. The van der Waals surface area contributed by atoms with Crippen molar-refractivity contribution in [2.75, 3.05) is 0 Å². The Bertz CT molecular complexity index is 245. The third-order valence-corrected chi connectivity index (χ3v) is 2.49. The molecule has 0 spiro atoms. The average molecular weight is 152 g/mol. The first-order chi connectivity index (χ1) is 4.85. The van der Waals surface area contributed by atoms with E-state index in [-0.39, 0.29) is 5.78 Å². The minimum atomic E-state index is -0.564. The van der Waals surface area contributed by atoms with E-state index in [2.05, 4.69) is 0 Å². The quantitative estimate of drug-likeness (QED) is 0.491. The molecule has 0 aromatic heterocycles. The number of allylic oxidation sites excluding steroid dienone is 1. The van der Waals surface area contributed by atoms with E-state index in [4.69, 9.17) is 0 Å². The van der Waals surface area contributed by atoms with E-state index in [1.807, 2.05) is 5.94 Å². The lowest BCUT2D eigenvalue weighted by Crippen LogP contribution is -2.54. The Kier molecular flexibility index (Phi) is 1.37. The van der Waals surface area contributed by atoms with Crippen LogP contribution in [-0.2, 0) is 9.59 Å². The van der Waals surface area contributed by atoms with Crippen LogP contribution in [-0.4, -0.2) is 11.7 Å². The molecule has 0 aromatic rings. The third kappa shape index (κ3) is 0.733. The molecule has 0 N–H and O–H groups in total. The summed E-state index contributed by atoms with van der Waals surface area (Å²) in [5.74, 6) is 1.99. The SMILES string of the molecule is CC1(C)C(=O)C(C)(C)C1=C=O. The van der Waals surface area contributed by atoms with E-state index in [1.165, 1.54) is 0 Å². The lowest BCUT2D eigenvalue weighted by molar-refractivity contribution is -0.141. The highest BCUT2D eigenvalue weighted by Gasteiger charge is 2.58. The number of hydrogen-bond acceptors (Lipinski definition) is 2. The fourth-order valence-corrected chi connectivity index (χ4v) is 1.98. The van der Waals surface area contributed by atoms with Crippen molar-refractivity contribution in [2.45, 2.75) is 27.7 Å². The van der Waals surface area contributed by atoms with Crippen LogP contribution in [0.3, 0.4) is 0 Å². The number of ketones is 1. The van der Waals surface area contributed by atoms with Crippen LogP contribution in [0.5, 0.6) is 0 Å². The Balaban J connectivity index is 3.18. The van der Waals surface area contributed by atoms with Gasteiger partial charge in [-0.3, -0.25) is 4.79 Å². The van der Waals surface area contributed by atoms with Crippen molar-refractivity contribution in [3.8, 4) is 0 Å². The van der Waals surface area contributed by atoms with Gasteiger partial charge in [-0.25, -0.2) is 4.79 Å². The summed E-state index contributed by atoms with van der Waals surface area (Å²) in [7, 11) is 0. The molecule has 11 heavy (non-hydrogen) atoms. The molecule has 0 radical (unpaired) electrons. The Hall–Kier alpha value is -0.880. The first-order valence-corrected chi connectivity index (χ1v) is 3.66. The van der Waals surface area contributed by atoms with Gasteiger partial charge in [0.1, 0.15) is 5.94 Å². The highest BCUT2D eigenvalue weighted by Crippen LogP contribution is 2.53. The van der Waals surface area contributed by atoms with Crippen LogP contribution in [0.25, 0.3) is 0 Å². The van der Waals surface area contributed by atoms with E-state index < -0.39 is 10.8 Å². The zero-order chi connectivity index (χ0) is 8.86. The predicted octanol–water partition coefficient (Wildman–Crippen LogP) is 1.38. The van der Waals surface area contributed by atoms with E-state index in [9.17, 15) is 9.59 Å². The molecule has 0 unspecified atom stereocenters. The molecule has 0 saturated heterocycles. The van der Waals surface area contributed by atoms with Crippen molar-refractivity contribution in [1.82, 2.24) is 0 Å². The molecule has 0 heterocycles. The maximum Gasteiger partial charge on any atom is 0.153 e. The Morgan fingerprint density at radius 2 is 1.45 bits per heavy atom. The van der Waals surface area contributed by atoms with E-state index >= 15 is 0 Å². The summed E-state index contributed by atoms with van der Waals surface area (Å²) in [5, 5.41) is 0. The lowest BCUT2D eigenvalue weighted by Gasteiger charge is -2.47. The summed E-state index contributed by atoms with van der Waals surface area (Å²) in [5.41, 5.74) is -0.536. The molecule has 1 rings (SSSR count). The van der Waals surface area contributed by atoms with Gasteiger partial charge in [0.25, 0.3) is 0 Å². The molecule has 0 aromatic carbocycles. The summed E-state index contributed by atoms with van der Waals surface area (Å²) in [4.78, 5) is 21.8. The van der Waals surface area contributed by atoms with Gasteiger partial charge in [-0.2, -0.15) is 0 Å². The van der Waals surface area contributed by atoms with Crippen LogP contribution in [0.1, 0.15) is 27.7 Å². The first kappa shape index (κ1) is 8.22. The molecule has 1 aliphatic carbocycles. The third-order valence-electron chi connectivity index (χ3n) is 2.49. The Labute approximate surface area is 66.3 Å². The van der Waals surface area contributed by atoms with Crippen LogP contribution < -0.4 is 0 Å². The molecule has 1 saturated carbocycles. The fraction of sp³-hybridized carbons (Fsp3) is 0.667. The van der Waals surface area contributed by atoms with Gasteiger partial charge in [0.05, 0.1) is 10.8 Å². The van der Waals surface area contributed by atoms with Crippen LogP contribution >= 0.6 is 0 Å². The Morgan fingerprint density at radius 3 is 1.64 bits per heavy atom. The van der Waals surface area contributed by atoms with Crippen LogP contribution in [0, 0.1) is 10.8 Å². The largest absolute Gasteiger partial charge is 0.298 e. The minimum absolute atomic E-state index is 0.128. The maximum atomic E-state index is 11.4. The van der Waals surface area contributed by atoms with E-state index in [0.29, 0.717) is 5.57 Å². The van der Waals surface area contributed by atoms with Gasteiger partial charge in [0, 0.05) is 5.57 Å². The topological polar surface area (TPSA) is 34.1 Å². The molecule has 60 valence electrons. The van der Waals surface area contributed by atoms with Gasteiger partial charge in [-0.1, -0.05) is 0 Å². The molecule has 0 amide bonds. The molecule has 2 nitrogen and oxygen atoms in total. The maximum absolute atomic E-state index is 11.4. The number of carbonyl (C=O) groups is 1. The molecule has 0 bridgehead atoms. The average Bonchev–Trinajstić information content (AvgIpc) is 1.86. The van der Waals surface area contributed by atoms with Crippen molar-refractivity contribution in [2.24, 2.45) is 10.8 Å². The van der Waals surface area contributed by atoms with Gasteiger partial charge in [0.15, 0.2) is 5.78 Å². The number of Topliss-reactive ketones (excluding diaryl/α,β-unsaturated/α-hetero) is 1. The molecule has 0 atom stereocenters. The van der Waals surface area contributed by atoms with Crippen LogP contribution in [0.4, 0.5) is 0 Å². The summed E-state index contributed by atoms with van der Waals surface area (Å²) >= 11 is 0. The van der Waals surface area contributed by atoms with E-state index in [1.54, 1.807) is 27.7 Å². The summed E-state index contributed by atoms with van der Waals surface area (Å²) in [6.45, 7) is 7.06. The van der Waals surface area contributed by atoms with Gasteiger partial charge in [-0.15, -0.1) is 0 Å². The van der Waals surface area contributed by atoms with Gasteiger partial charge in [0.2, 0.25) is 0 Å². The monoisotopic (exact) mass is 152 g/mol. The second kappa shape index (κ2) is 1.83. The van der Waals surface area contributed by atoms with Gasteiger partial charge in [-0.05, 0) is 27.7 Å². The number of rotatable bonds is 0. The van der Waals surface area contributed by atoms with Crippen LogP contribution in [0.2, 0.25) is 0 Å². The molecule has 2 heteroatoms. The molecule has 1 aliphatic rings. The summed E-state index contributed by atoms with van der Waals surface area (Å²) < 4.78 is 0. The normalized spacial score (nSPS) is 25.8. The smallest absolute Gasteiger partial charge is 0.153 e. The van der Waals surface area contributed by atoms with Crippen molar-refractivity contribution < 1.29 is 9.59 Å². The molecule has 0 aliphatic heterocycles. The van der Waals surface area contributed by atoms with Crippen molar-refractivity contribution in [3.63, 3.8) is 0 Å². The highest BCUT2D eigenvalue weighted by atomic mass is 16.1. The minimum Gasteiger partial charge on any atom is -0.298 e. The number of carbonyl (C=O) groups excluding carboxylic acids is 2. The first-order valence-electron chi connectivity index (χ1n) is 3.66. The van der Waals surface area contributed by atoms with Crippen molar-refractivity contribution in [3.05, 3.63) is 5.57 Å². The summed E-state index contributed by atoms with van der Waals surface area (Å²) in [6, 6.07) is 0. The van der Waals surface area contributed by atoms with Gasteiger partial charge < -0.3 is 0 Å². The number of hydrogen-bond donors (Lipinski definition) is 0. The lowest BCUT2D eigenvalue weighted by atomic mass is 9.51. The second-order valence-electron chi connectivity index (χ2n) is 4.06. The second-order valence-corrected chi connectivity index (χ2v) is 4.06. The highest BCUT2D eigenvalue weighted by molar-refractivity contribution is 6.06. The van der Waals surface area contributed by atoms with Crippen LogP contribution in [0.15, 0.2) is 5.57 Å². The molecular formula is C9H12O2. The van der Waals surface area contributed by atoms with Gasteiger partial charge >= 0.3 is 0 Å². The molecule has 1 fully saturated rings. The summed E-state index contributed by atoms with van der Waals surface area (Å²) in [6.07, 6.45) is 0. The zero-order valence-electron chi connectivity index (χ0n) is 7.32. The van der Waals surface area contributed by atoms with Crippen molar-refractivity contribution in [1.29, 1.82) is 0 Å². The molecular weight excluding hydrogens is 140 g/mol. The van der Waals surface area contributed by atoms with Crippen molar-refractivity contribution >= 4 is 11.7 Å². The predicted molar refractivity (Wildman–Crippen MR) is 41.8 cm³/mol. The standard InChI is InChI=1S/C9H12O2/c1-8(2)6(5-10)9(3,4)7(8)11/h1-4H3.